The topological polar surface area (TPSA) is 30.2 Å². The number of hydrogen-bond acceptors (Lipinski definition) is 2. The van der Waals surface area contributed by atoms with Crippen LogP contribution in [0.5, 0.6) is 0 Å². The van der Waals surface area contributed by atoms with Crippen LogP contribution in [0.1, 0.15) is 0 Å². The highest BCUT2D eigenvalue weighted by Gasteiger charge is 2.12. The van der Waals surface area contributed by atoms with Crippen LogP contribution in [0.3, 0.4) is 0 Å². The van der Waals surface area contributed by atoms with Gasteiger partial charge in [-0.05, 0) is 29.8 Å². The molecule has 4 rings (SSSR count). The predicted molar refractivity (Wildman–Crippen MR) is 93.1 cm³/mol. The molecule has 0 atom stereocenters. The number of halogens is 1. The molecule has 0 bridgehead atoms. The summed E-state index contributed by atoms with van der Waals surface area (Å²) in [5.74, 6) is 0. The smallest absolute Gasteiger partial charge is 0.200 e. The van der Waals surface area contributed by atoms with E-state index in [1.54, 1.807) is 6.07 Å². The fourth-order valence-electron chi connectivity index (χ4n) is 2.69. The molecule has 3 aromatic carbocycles. The summed E-state index contributed by atoms with van der Waals surface area (Å²) < 4.78 is 6.95. The Kier molecular flexibility index (Phi) is 3.09. The van der Waals surface area contributed by atoms with Crippen molar-refractivity contribution in [3.05, 3.63) is 81.4 Å². The van der Waals surface area contributed by atoms with Crippen LogP contribution < -0.4 is 5.43 Å². The second kappa shape index (κ2) is 5.11. The summed E-state index contributed by atoms with van der Waals surface area (Å²) in [4.78, 5) is 12.7. The van der Waals surface area contributed by atoms with E-state index in [-0.39, 0.29) is 5.43 Å². The molecule has 22 heavy (non-hydrogen) atoms. The largest absolute Gasteiger partial charge is 0.455 e. The van der Waals surface area contributed by atoms with Crippen molar-refractivity contribution < 1.29 is 4.42 Å². The highest BCUT2D eigenvalue weighted by molar-refractivity contribution is 9.10. The molecular formula is C19H11BrO2. The summed E-state index contributed by atoms with van der Waals surface area (Å²) in [5, 5.41) is 1.21. The standard InChI is InChI=1S/C19H11BrO2/c20-13-9-10-15-17(11-13)22-19-14(12-5-2-1-3-6-12)7-4-8-16(19)18(15)21/h1-11H. The fraction of sp³-hybridized carbons (Fsp3) is 0. The SMILES string of the molecule is O=c1c2ccc(Br)cc2oc2c(-c3ccccc3)cccc12. The monoisotopic (exact) mass is 350 g/mol. The van der Waals surface area contributed by atoms with Crippen molar-refractivity contribution in [2.24, 2.45) is 0 Å². The maximum Gasteiger partial charge on any atom is 0.200 e. The summed E-state index contributed by atoms with van der Waals surface area (Å²) in [5.41, 5.74) is 3.18. The van der Waals surface area contributed by atoms with E-state index in [2.05, 4.69) is 15.9 Å². The summed E-state index contributed by atoms with van der Waals surface area (Å²) in [6.45, 7) is 0. The normalized spacial score (nSPS) is 11.1. The fourth-order valence-corrected chi connectivity index (χ4v) is 3.03. The van der Waals surface area contributed by atoms with Gasteiger partial charge in [-0.3, -0.25) is 4.79 Å². The maximum absolute atomic E-state index is 12.7. The first-order valence-corrected chi connectivity index (χ1v) is 7.74. The number of para-hydroxylation sites is 1. The number of benzene rings is 3. The highest BCUT2D eigenvalue weighted by Crippen LogP contribution is 2.30. The lowest BCUT2D eigenvalue weighted by Crippen LogP contribution is -2.02. The van der Waals surface area contributed by atoms with E-state index in [9.17, 15) is 4.79 Å². The molecule has 0 N–H and O–H groups in total. The molecule has 0 aliphatic heterocycles. The lowest BCUT2D eigenvalue weighted by molar-refractivity contribution is 0.661. The lowest BCUT2D eigenvalue weighted by Gasteiger charge is -2.07. The lowest BCUT2D eigenvalue weighted by atomic mass is 10.0. The van der Waals surface area contributed by atoms with E-state index in [0.717, 1.165) is 15.6 Å². The third kappa shape index (κ3) is 2.06. The summed E-state index contributed by atoms with van der Waals surface area (Å²) >= 11 is 3.42. The minimum atomic E-state index is 0.00142. The van der Waals surface area contributed by atoms with E-state index in [1.807, 2.05) is 60.7 Å². The molecule has 3 heteroatoms. The zero-order chi connectivity index (χ0) is 15.1. The molecule has 1 aromatic heterocycles. The molecule has 0 saturated heterocycles. The van der Waals surface area contributed by atoms with Crippen LogP contribution in [0.15, 0.2) is 80.4 Å². The number of fused-ring (bicyclic) bond motifs is 2. The van der Waals surface area contributed by atoms with Crippen LogP contribution in [-0.2, 0) is 0 Å². The van der Waals surface area contributed by atoms with Crippen molar-refractivity contribution in [1.29, 1.82) is 0 Å². The zero-order valence-corrected chi connectivity index (χ0v) is 13.1. The molecule has 4 aromatic rings. The first-order chi connectivity index (χ1) is 10.7. The van der Waals surface area contributed by atoms with Gasteiger partial charge in [-0.15, -0.1) is 0 Å². The minimum absolute atomic E-state index is 0.00142. The van der Waals surface area contributed by atoms with Gasteiger partial charge in [0.2, 0.25) is 5.43 Å². The van der Waals surface area contributed by atoms with Crippen LogP contribution in [0.4, 0.5) is 0 Å². The Hall–Kier alpha value is -2.39. The van der Waals surface area contributed by atoms with Gasteiger partial charge in [0, 0.05) is 10.0 Å². The van der Waals surface area contributed by atoms with Gasteiger partial charge in [-0.2, -0.15) is 0 Å². The average Bonchev–Trinajstić information content (AvgIpc) is 2.55. The maximum atomic E-state index is 12.7. The number of rotatable bonds is 1. The summed E-state index contributed by atoms with van der Waals surface area (Å²) in [6, 6.07) is 21.1. The molecule has 0 aliphatic rings. The molecule has 0 unspecified atom stereocenters. The molecule has 106 valence electrons. The van der Waals surface area contributed by atoms with Gasteiger partial charge >= 0.3 is 0 Å². The molecule has 0 radical (unpaired) electrons. The Morgan fingerprint density at radius 2 is 1.64 bits per heavy atom. The third-order valence-corrected chi connectivity index (χ3v) is 4.24. The van der Waals surface area contributed by atoms with Crippen molar-refractivity contribution in [1.82, 2.24) is 0 Å². The number of hydrogen-bond donors (Lipinski definition) is 0. The van der Waals surface area contributed by atoms with Crippen molar-refractivity contribution >= 4 is 37.9 Å². The Balaban J connectivity index is 2.17. The molecule has 0 amide bonds. The van der Waals surface area contributed by atoms with Gasteiger partial charge in [0.1, 0.15) is 11.2 Å². The van der Waals surface area contributed by atoms with Crippen LogP contribution in [0, 0.1) is 0 Å². The van der Waals surface area contributed by atoms with Crippen LogP contribution >= 0.6 is 15.9 Å². The Labute approximate surface area is 135 Å². The predicted octanol–water partition coefficient (Wildman–Crippen LogP) is 5.38. The average molecular weight is 351 g/mol. The molecule has 2 nitrogen and oxygen atoms in total. The first kappa shape index (κ1) is 13.3. The zero-order valence-electron chi connectivity index (χ0n) is 11.5. The van der Waals surface area contributed by atoms with E-state index in [4.69, 9.17) is 4.42 Å². The van der Waals surface area contributed by atoms with Gasteiger partial charge in [-0.25, -0.2) is 0 Å². The van der Waals surface area contributed by atoms with Gasteiger partial charge in [0.05, 0.1) is 10.8 Å². The second-order valence-electron chi connectivity index (χ2n) is 5.12. The Bertz CT molecular complexity index is 1050. The van der Waals surface area contributed by atoms with Crippen molar-refractivity contribution in [3.8, 4) is 11.1 Å². The Morgan fingerprint density at radius 1 is 0.818 bits per heavy atom. The highest BCUT2D eigenvalue weighted by atomic mass is 79.9. The second-order valence-corrected chi connectivity index (χ2v) is 6.04. The van der Waals surface area contributed by atoms with Crippen molar-refractivity contribution in [2.75, 3.05) is 0 Å². The van der Waals surface area contributed by atoms with E-state index in [1.165, 1.54) is 0 Å². The Morgan fingerprint density at radius 3 is 2.45 bits per heavy atom. The molecule has 0 spiro atoms. The third-order valence-electron chi connectivity index (χ3n) is 3.74. The molecule has 1 heterocycles. The van der Waals surface area contributed by atoms with Crippen LogP contribution in [0.2, 0.25) is 0 Å². The van der Waals surface area contributed by atoms with Gasteiger partial charge in [-0.1, -0.05) is 58.4 Å². The first-order valence-electron chi connectivity index (χ1n) is 6.94. The van der Waals surface area contributed by atoms with Crippen molar-refractivity contribution in [2.45, 2.75) is 0 Å². The van der Waals surface area contributed by atoms with Crippen LogP contribution in [0.25, 0.3) is 33.1 Å². The van der Waals surface area contributed by atoms with Gasteiger partial charge in [0.15, 0.2) is 0 Å². The van der Waals surface area contributed by atoms with E-state index in [0.29, 0.717) is 21.9 Å². The molecular weight excluding hydrogens is 340 g/mol. The molecule has 0 aliphatic carbocycles. The van der Waals surface area contributed by atoms with E-state index >= 15 is 0 Å². The van der Waals surface area contributed by atoms with Crippen molar-refractivity contribution in [3.63, 3.8) is 0 Å². The molecule has 0 fully saturated rings. The summed E-state index contributed by atoms with van der Waals surface area (Å²) in [7, 11) is 0. The summed E-state index contributed by atoms with van der Waals surface area (Å²) in [6.07, 6.45) is 0. The quantitative estimate of drug-likeness (QED) is 0.431. The molecule has 0 saturated carbocycles. The van der Waals surface area contributed by atoms with E-state index < -0.39 is 0 Å². The van der Waals surface area contributed by atoms with Gasteiger partial charge < -0.3 is 4.42 Å². The van der Waals surface area contributed by atoms with Gasteiger partial charge in [0.25, 0.3) is 0 Å². The van der Waals surface area contributed by atoms with Crippen LogP contribution in [-0.4, -0.2) is 0 Å². The minimum Gasteiger partial charge on any atom is -0.455 e.